The molecule has 17 heavy (non-hydrogen) atoms. The average Bonchev–Trinajstić information content (AvgIpc) is 2.35. The van der Waals surface area contributed by atoms with Gasteiger partial charge in [0.2, 0.25) is 0 Å². The Hall–Kier alpha value is -1.75. The fourth-order valence-electron chi connectivity index (χ4n) is 1.77. The molecule has 2 rings (SSSR count). The van der Waals surface area contributed by atoms with E-state index in [1.54, 1.807) is 6.07 Å². The third-order valence-corrected chi connectivity index (χ3v) is 2.61. The predicted molar refractivity (Wildman–Crippen MR) is 59.6 cm³/mol. The Labute approximate surface area is 98.9 Å². The molecule has 0 aliphatic carbocycles. The van der Waals surface area contributed by atoms with Crippen LogP contribution in [0.2, 0.25) is 0 Å². The molecule has 0 aromatic heterocycles. The average molecular weight is 238 g/mol. The Morgan fingerprint density at radius 3 is 2.94 bits per heavy atom. The van der Waals surface area contributed by atoms with E-state index in [2.05, 4.69) is 0 Å². The molecular formula is C12H14O5. The van der Waals surface area contributed by atoms with E-state index < -0.39 is 12.1 Å². The summed E-state index contributed by atoms with van der Waals surface area (Å²) in [5, 5.41) is 8.94. The van der Waals surface area contributed by atoms with Crippen LogP contribution < -0.4 is 9.47 Å². The largest absolute Gasteiger partial charge is 0.486 e. The number of hydrogen-bond acceptors (Lipinski definition) is 4. The van der Waals surface area contributed by atoms with Gasteiger partial charge < -0.3 is 19.3 Å². The summed E-state index contributed by atoms with van der Waals surface area (Å²) in [5.41, 5.74) is 0.788. The van der Waals surface area contributed by atoms with Crippen LogP contribution >= 0.6 is 0 Å². The fourth-order valence-corrected chi connectivity index (χ4v) is 1.77. The smallest absolute Gasteiger partial charge is 0.333 e. The maximum Gasteiger partial charge on any atom is 0.333 e. The number of methoxy groups -OCH3 is 1. The van der Waals surface area contributed by atoms with E-state index in [9.17, 15) is 4.79 Å². The molecule has 1 N–H and O–H groups in total. The number of hydrogen-bond donors (Lipinski definition) is 1. The number of benzene rings is 1. The maximum atomic E-state index is 10.9. The highest BCUT2D eigenvalue weighted by atomic mass is 16.6. The molecule has 1 aromatic carbocycles. The summed E-state index contributed by atoms with van der Waals surface area (Å²) in [6.45, 7) is 0.998. The SMILES string of the molecule is COC(Cc1cccc2c1OCCO2)C(=O)O. The number of carboxylic acids is 1. The van der Waals surface area contributed by atoms with Crippen LogP contribution in [0.3, 0.4) is 0 Å². The Bertz CT molecular complexity index is 415. The molecule has 0 bridgehead atoms. The minimum Gasteiger partial charge on any atom is -0.486 e. The lowest BCUT2D eigenvalue weighted by molar-refractivity contribution is -0.148. The van der Waals surface area contributed by atoms with Crippen molar-refractivity contribution in [1.82, 2.24) is 0 Å². The summed E-state index contributed by atoms with van der Waals surface area (Å²) in [6, 6.07) is 5.44. The van der Waals surface area contributed by atoms with Crippen molar-refractivity contribution in [1.29, 1.82) is 0 Å². The first kappa shape index (κ1) is 11.7. The highest BCUT2D eigenvalue weighted by molar-refractivity contribution is 5.73. The normalized spacial score (nSPS) is 15.4. The van der Waals surface area contributed by atoms with Crippen molar-refractivity contribution in [3.63, 3.8) is 0 Å². The third-order valence-electron chi connectivity index (χ3n) is 2.61. The standard InChI is InChI=1S/C12H14O5/c1-15-10(12(13)14)7-8-3-2-4-9-11(8)17-6-5-16-9/h2-4,10H,5-7H2,1H3,(H,13,14). The summed E-state index contributed by atoms with van der Waals surface area (Å²) in [4.78, 5) is 10.9. The van der Waals surface area contributed by atoms with Crippen LogP contribution in [0.1, 0.15) is 5.56 Å². The van der Waals surface area contributed by atoms with Crippen molar-refractivity contribution in [2.24, 2.45) is 0 Å². The molecule has 1 aliphatic heterocycles. The monoisotopic (exact) mass is 238 g/mol. The molecule has 5 heteroatoms. The maximum absolute atomic E-state index is 10.9. The number of ether oxygens (including phenoxy) is 3. The van der Waals surface area contributed by atoms with Gasteiger partial charge in [-0.05, 0) is 6.07 Å². The van der Waals surface area contributed by atoms with Gasteiger partial charge in [-0.1, -0.05) is 12.1 Å². The highest BCUT2D eigenvalue weighted by Gasteiger charge is 2.22. The van der Waals surface area contributed by atoms with Gasteiger partial charge in [0.15, 0.2) is 17.6 Å². The molecule has 92 valence electrons. The first-order chi connectivity index (χ1) is 8.22. The van der Waals surface area contributed by atoms with Gasteiger partial charge in [0.05, 0.1) is 0 Å². The summed E-state index contributed by atoms with van der Waals surface area (Å²) < 4.78 is 15.8. The van der Waals surface area contributed by atoms with E-state index in [1.165, 1.54) is 7.11 Å². The molecule has 1 aliphatic rings. The van der Waals surface area contributed by atoms with Gasteiger partial charge in [0, 0.05) is 19.1 Å². The number of carboxylic acid groups (broad SMARTS) is 1. The van der Waals surface area contributed by atoms with Gasteiger partial charge >= 0.3 is 5.97 Å². The molecule has 1 unspecified atom stereocenters. The molecule has 0 saturated heterocycles. The van der Waals surface area contributed by atoms with Crippen molar-refractivity contribution in [2.75, 3.05) is 20.3 Å². The highest BCUT2D eigenvalue weighted by Crippen LogP contribution is 2.34. The van der Waals surface area contributed by atoms with Crippen molar-refractivity contribution >= 4 is 5.97 Å². The summed E-state index contributed by atoms with van der Waals surface area (Å²) >= 11 is 0. The Morgan fingerprint density at radius 2 is 2.24 bits per heavy atom. The lowest BCUT2D eigenvalue weighted by Crippen LogP contribution is -2.26. The molecule has 5 nitrogen and oxygen atoms in total. The summed E-state index contributed by atoms with van der Waals surface area (Å²) in [6.07, 6.45) is -0.606. The van der Waals surface area contributed by atoms with E-state index in [0.717, 1.165) is 5.56 Å². The van der Waals surface area contributed by atoms with Crippen LogP contribution in [-0.4, -0.2) is 37.5 Å². The molecule has 0 saturated carbocycles. The summed E-state index contributed by atoms with van der Waals surface area (Å²) in [5.74, 6) is 0.304. The van der Waals surface area contributed by atoms with E-state index in [4.69, 9.17) is 19.3 Å². The number of carbonyl (C=O) groups is 1. The first-order valence-electron chi connectivity index (χ1n) is 5.35. The molecule has 0 radical (unpaired) electrons. The van der Waals surface area contributed by atoms with Crippen LogP contribution in [-0.2, 0) is 16.0 Å². The van der Waals surface area contributed by atoms with Crippen LogP contribution in [0.25, 0.3) is 0 Å². The molecule has 0 amide bonds. The number of aliphatic carboxylic acids is 1. The minimum atomic E-state index is -0.984. The van der Waals surface area contributed by atoms with Crippen molar-refractivity contribution in [2.45, 2.75) is 12.5 Å². The molecule has 1 atom stereocenters. The second kappa shape index (κ2) is 5.05. The van der Waals surface area contributed by atoms with Crippen molar-refractivity contribution in [3.05, 3.63) is 23.8 Å². The van der Waals surface area contributed by atoms with Crippen LogP contribution in [0.15, 0.2) is 18.2 Å². The lowest BCUT2D eigenvalue weighted by atomic mass is 10.1. The number of para-hydroxylation sites is 1. The fraction of sp³-hybridized carbons (Fsp3) is 0.417. The zero-order valence-corrected chi connectivity index (χ0v) is 9.51. The molecule has 0 spiro atoms. The van der Waals surface area contributed by atoms with Gasteiger partial charge in [-0.15, -0.1) is 0 Å². The zero-order chi connectivity index (χ0) is 12.3. The lowest BCUT2D eigenvalue weighted by Gasteiger charge is -2.21. The molecule has 1 aromatic rings. The summed E-state index contributed by atoms with van der Waals surface area (Å²) in [7, 11) is 1.38. The van der Waals surface area contributed by atoms with E-state index in [0.29, 0.717) is 24.7 Å². The van der Waals surface area contributed by atoms with Gasteiger partial charge in [-0.3, -0.25) is 0 Å². The Kier molecular flexibility index (Phi) is 3.49. The molecule has 1 heterocycles. The second-order valence-electron chi connectivity index (χ2n) is 3.71. The van der Waals surface area contributed by atoms with Gasteiger partial charge in [-0.2, -0.15) is 0 Å². The third kappa shape index (κ3) is 2.50. The van der Waals surface area contributed by atoms with Gasteiger partial charge in [0.25, 0.3) is 0 Å². The first-order valence-corrected chi connectivity index (χ1v) is 5.35. The van der Waals surface area contributed by atoms with E-state index >= 15 is 0 Å². The van der Waals surface area contributed by atoms with Gasteiger partial charge in [0.1, 0.15) is 13.2 Å². The Balaban J connectivity index is 2.23. The van der Waals surface area contributed by atoms with Crippen LogP contribution in [0, 0.1) is 0 Å². The second-order valence-corrected chi connectivity index (χ2v) is 3.71. The zero-order valence-electron chi connectivity index (χ0n) is 9.51. The van der Waals surface area contributed by atoms with Crippen molar-refractivity contribution < 1.29 is 24.1 Å². The van der Waals surface area contributed by atoms with Crippen molar-refractivity contribution in [3.8, 4) is 11.5 Å². The van der Waals surface area contributed by atoms with E-state index in [-0.39, 0.29) is 6.42 Å². The molecular weight excluding hydrogens is 224 g/mol. The Morgan fingerprint density at radius 1 is 1.47 bits per heavy atom. The van der Waals surface area contributed by atoms with E-state index in [1.807, 2.05) is 12.1 Å². The topological polar surface area (TPSA) is 65.0 Å². The molecule has 0 fully saturated rings. The quantitative estimate of drug-likeness (QED) is 0.850. The van der Waals surface area contributed by atoms with Crippen LogP contribution in [0.5, 0.6) is 11.5 Å². The van der Waals surface area contributed by atoms with Gasteiger partial charge in [-0.25, -0.2) is 4.79 Å². The number of rotatable bonds is 4. The number of fused-ring (bicyclic) bond motifs is 1. The predicted octanol–water partition coefficient (Wildman–Crippen LogP) is 1.10. The van der Waals surface area contributed by atoms with Crippen LogP contribution in [0.4, 0.5) is 0 Å². The minimum absolute atomic E-state index is 0.262.